The molecule has 0 aromatic rings. The second-order valence-electron chi connectivity index (χ2n) is 6.75. The van der Waals surface area contributed by atoms with Crippen molar-refractivity contribution in [1.29, 1.82) is 0 Å². The quantitative estimate of drug-likeness (QED) is 0.477. The van der Waals surface area contributed by atoms with Crippen molar-refractivity contribution in [2.24, 2.45) is 0 Å². The maximum absolute atomic E-state index is 11.7. The van der Waals surface area contributed by atoms with Crippen molar-refractivity contribution >= 4 is 23.8 Å². The molecule has 1 rings (SSSR count). The minimum atomic E-state index is -0.511. The third-order valence-electron chi connectivity index (χ3n) is 3.31. The maximum atomic E-state index is 11.7. The molecule has 0 unspecified atom stereocenters. The SMILES string of the molecule is CC(C)(C)OC(=O)NCCCCCC(=O)NCCN1C(=O)C=CC1=O. The molecule has 0 aromatic heterocycles. The molecule has 8 heteroatoms. The van der Waals surface area contributed by atoms with Crippen molar-refractivity contribution in [3.05, 3.63) is 12.2 Å². The van der Waals surface area contributed by atoms with Gasteiger partial charge in [-0.15, -0.1) is 0 Å². The standard InChI is InChI=1S/C17H27N3O5/c1-17(2,3)25-16(24)19-10-6-4-5-7-13(21)18-11-12-20-14(22)8-9-15(20)23/h8-9H,4-7,10-12H2,1-3H3,(H,18,21)(H,19,24). The van der Waals surface area contributed by atoms with Crippen molar-refractivity contribution in [3.8, 4) is 0 Å². The maximum Gasteiger partial charge on any atom is 0.407 e. The lowest BCUT2D eigenvalue weighted by molar-refractivity contribution is -0.137. The summed E-state index contributed by atoms with van der Waals surface area (Å²) in [7, 11) is 0. The summed E-state index contributed by atoms with van der Waals surface area (Å²) >= 11 is 0. The highest BCUT2D eigenvalue weighted by molar-refractivity contribution is 6.12. The third kappa shape index (κ3) is 8.88. The van der Waals surface area contributed by atoms with E-state index in [0.29, 0.717) is 19.4 Å². The largest absolute Gasteiger partial charge is 0.444 e. The molecule has 4 amide bonds. The highest BCUT2D eigenvalue weighted by Gasteiger charge is 2.22. The van der Waals surface area contributed by atoms with Crippen LogP contribution in [0.3, 0.4) is 0 Å². The lowest BCUT2D eigenvalue weighted by Gasteiger charge is -2.19. The molecule has 0 saturated heterocycles. The smallest absolute Gasteiger partial charge is 0.407 e. The molecular formula is C17H27N3O5. The van der Waals surface area contributed by atoms with Crippen molar-refractivity contribution in [1.82, 2.24) is 15.5 Å². The summed E-state index contributed by atoms with van der Waals surface area (Å²) in [6, 6.07) is 0. The molecular weight excluding hydrogens is 326 g/mol. The van der Waals surface area contributed by atoms with Gasteiger partial charge in [0.25, 0.3) is 11.8 Å². The topological polar surface area (TPSA) is 105 Å². The second kappa shape index (κ2) is 9.80. The van der Waals surface area contributed by atoms with Crippen LogP contribution in [-0.2, 0) is 19.1 Å². The van der Waals surface area contributed by atoms with E-state index >= 15 is 0 Å². The second-order valence-corrected chi connectivity index (χ2v) is 6.75. The first kappa shape index (κ1) is 20.7. The van der Waals surface area contributed by atoms with Gasteiger partial charge in [-0.2, -0.15) is 0 Å². The van der Waals surface area contributed by atoms with Crippen LogP contribution >= 0.6 is 0 Å². The van der Waals surface area contributed by atoms with Crippen LogP contribution in [0.4, 0.5) is 4.79 Å². The van der Waals surface area contributed by atoms with Crippen LogP contribution in [0.5, 0.6) is 0 Å². The highest BCUT2D eigenvalue weighted by atomic mass is 16.6. The number of carbonyl (C=O) groups excluding carboxylic acids is 4. The van der Waals surface area contributed by atoms with E-state index in [1.165, 1.54) is 12.2 Å². The Kier molecular flexibility index (Phi) is 8.10. The normalized spacial score (nSPS) is 14.0. The van der Waals surface area contributed by atoms with Gasteiger partial charge in [0.2, 0.25) is 5.91 Å². The van der Waals surface area contributed by atoms with Gasteiger partial charge in [0.15, 0.2) is 0 Å². The first-order valence-electron chi connectivity index (χ1n) is 8.46. The van der Waals surface area contributed by atoms with Gasteiger partial charge in [0, 0.05) is 38.2 Å². The Labute approximate surface area is 148 Å². The summed E-state index contributed by atoms with van der Waals surface area (Å²) in [5.41, 5.74) is -0.511. The Balaban J connectivity index is 1.99. The minimum Gasteiger partial charge on any atom is -0.444 e. The zero-order valence-electron chi connectivity index (χ0n) is 15.1. The van der Waals surface area contributed by atoms with Gasteiger partial charge in [-0.1, -0.05) is 6.42 Å². The fraction of sp³-hybridized carbons (Fsp3) is 0.647. The molecule has 0 atom stereocenters. The number of carbonyl (C=O) groups is 4. The first-order valence-corrected chi connectivity index (χ1v) is 8.46. The Bertz CT molecular complexity index is 519. The molecule has 8 nitrogen and oxygen atoms in total. The van der Waals surface area contributed by atoms with Crippen LogP contribution in [0.15, 0.2) is 12.2 Å². The van der Waals surface area contributed by atoms with E-state index in [4.69, 9.17) is 4.74 Å². The van der Waals surface area contributed by atoms with Crippen molar-refractivity contribution in [2.45, 2.75) is 52.1 Å². The number of hydrogen-bond donors (Lipinski definition) is 2. The molecule has 0 aromatic carbocycles. The average molecular weight is 353 g/mol. The van der Waals surface area contributed by atoms with E-state index in [1.54, 1.807) is 20.8 Å². The lowest BCUT2D eigenvalue weighted by Crippen LogP contribution is -2.38. The number of hydrogen-bond acceptors (Lipinski definition) is 5. The number of alkyl carbamates (subject to hydrolysis) is 1. The minimum absolute atomic E-state index is 0.118. The molecule has 1 aliphatic rings. The van der Waals surface area contributed by atoms with E-state index in [0.717, 1.165) is 17.7 Å². The molecule has 1 aliphatic heterocycles. The molecule has 2 N–H and O–H groups in total. The van der Waals surface area contributed by atoms with E-state index in [-0.39, 0.29) is 30.8 Å². The van der Waals surface area contributed by atoms with Gasteiger partial charge < -0.3 is 15.4 Å². The van der Waals surface area contributed by atoms with Crippen LogP contribution in [0, 0.1) is 0 Å². The predicted molar refractivity (Wildman–Crippen MR) is 91.6 cm³/mol. The van der Waals surface area contributed by atoms with Crippen molar-refractivity contribution < 1.29 is 23.9 Å². The third-order valence-corrected chi connectivity index (χ3v) is 3.31. The van der Waals surface area contributed by atoms with Gasteiger partial charge in [0.1, 0.15) is 5.60 Å². The molecule has 0 fully saturated rings. The molecule has 25 heavy (non-hydrogen) atoms. The number of rotatable bonds is 9. The molecule has 0 saturated carbocycles. The van der Waals surface area contributed by atoms with Crippen LogP contribution in [0.25, 0.3) is 0 Å². The van der Waals surface area contributed by atoms with E-state index in [1.807, 2.05) is 0 Å². The Hall–Kier alpha value is -2.38. The van der Waals surface area contributed by atoms with Gasteiger partial charge in [-0.05, 0) is 33.6 Å². The van der Waals surface area contributed by atoms with E-state index in [9.17, 15) is 19.2 Å². The van der Waals surface area contributed by atoms with Gasteiger partial charge >= 0.3 is 6.09 Å². The number of imide groups is 1. The zero-order valence-corrected chi connectivity index (χ0v) is 15.1. The number of nitrogens with one attached hydrogen (secondary N) is 2. The highest BCUT2D eigenvalue weighted by Crippen LogP contribution is 2.06. The van der Waals surface area contributed by atoms with Crippen molar-refractivity contribution in [2.75, 3.05) is 19.6 Å². The molecule has 140 valence electrons. The summed E-state index contributed by atoms with van der Waals surface area (Å²) < 4.78 is 5.11. The number of amides is 4. The summed E-state index contributed by atoms with van der Waals surface area (Å²) in [5, 5.41) is 5.35. The monoisotopic (exact) mass is 353 g/mol. The summed E-state index contributed by atoms with van der Waals surface area (Å²) in [5.74, 6) is -0.819. The molecule has 0 radical (unpaired) electrons. The van der Waals surface area contributed by atoms with Crippen LogP contribution in [-0.4, -0.2) is 54.0 Å². The van der Waals surface area contributed by atoms with Crippen molar-refractivity contribution in [3.63, 3.8) is 0 Å². The summed E-state index contributed by atoms with van der Waals surface area (Å²) in [6.45, 7) is 6.34. The Morgan fingerprint density at radius 2 is 1.64 bits per heavy atom. The van der Waals surface area contributed by atoms with Gasteiger partial charge in [-0.25, -0.2) is 4.79 Å². The Morgan fingerprint density at radius 3 is 2.24 bits per heavy atom. The van der Waals surface area contributed by atoms with Crippen LogP contribution in [0.1, 0.15) is 46.5 Å². The number of ether oxygens (including phenoxy) is 1. The number of nitrogens with zero attached hydrogens (tertiary/aromatic N) is 1. The average Bonchev–Trinajstić information content (AvgIpc) is 2.80. The molecule has 0 aliphatic carbocycles. The van der Waals surface area contributed by atoms with Crippen LogP contribution in [0.2, 0.25) is 0 Å². The summed E-state index contributed by atoms with van der Waals surface area (Å²) in [4.78, 5) is 46.8. The fourth-order valence-corrected chi connectivity index (χ4v) is 2.14. The van der Waals surface area contributed by atoms with E-state index < -0.39 is 11.7 Å². The Morgan fingerprint density at radius 1 is 1.00 bits per heavy atom. The molecule has 0 spiro atoms. The zero-order chi connectivity index (χ0) is 18.9. The van der Waals surface area contributed by atoms with E-state index in [2.05, 4.69) is 10.6 Å². The summed E-state index contributed by atoms with van der Waals surface area (Å²) in [6.07, 6.45) is 4.62. The first-order chi connectivity index (χ1) is 11.7. The predicted octanol–water partition coefficient (Wildman–Crippen LogP) is 1.11. The van der Waals surface area contributed by atoms with Crippen LogP contribution < -0.4 is 10.6 Å². The number of unbranched alkanes of at least 4 members (excludes halogenated alkanes) is 2. The molecule has 0 bridgehead atoms. The fourth-order valence-electron chi connectivity index (χ4n) is 2.14. The van der Waals surface area contributed by atoms with Gasteiger partial charge in [0.05, 0.1) is 0 Å². The lowest BCUT2D eigenvalue weighted by atomic mass is 10.2. The van der Waals surface area contributed by atoms with Gasteiger partial charge in [-0.3, -0.25) is 19.3 Å². The molecule has 1 heterocycles.